The van der Waals surface area contributed by atoms with E-state index in [1.54, 1.807) is 41.1 Å². The molecule has 4 rings (SSSR count). The quantitative estimate of drug-likeness (QED) is 0.256. The van der Waals surface area contributed by atoms with Crippen molar-refractivity contribution < 1.29 is 18.7 Å². The number of urea groups is 1. The zero-order valence-corrected chi connectivity index (χ0v) is 22.2. The number of nitrogens with one attached hydrogen (secondary N) is 2. The first-order valence-corrected chi connectivity index (χ1v) is 12.8. The largest absolute Gasteiger partial charge is 0.492 e. The number of ether oxygens (including phenoxy) is 1. The smallest absolute Gasteiger partial charge is 0.322 e. The van der Waals surface area contributed by atoms with Crippen LogP contribution in [0, 0.1) is 11.7 Å². The highest BCUT2D eigenvalue weighted by molar-refractivity contribution is 5.97. The molecule has 3 aromatic carbocycles. The van der Waals surface area contributed by atoms with Gasteiger partial charge in [0.05, 0.1) is 23.7 Å². The number of aromatic nitrogens is 2. The summed E-state index contributed by atoms with van der Waals surface area (Å²) in [5, 5.41) is 10.4. The Morgan fingerprint density at radius 1 is 0.974 bits per heavy atom. The first kappa shape index (κ1) is 27.4. The van der Waals surface area contributed by atoms with Gasteiger partial charge in [-0.1, -0.05) is 56.3 Å². The summed E-state index contributed by atoms with van der Waals surface area (Å²) in [5.74, 6) is 0.309. The summed E-state index contributed by atoms with van der Waals surface area (Å²) >= 11 is 0. The van der Waals surface area contributed by atoms with Crippen molar-refractivity contribution in [2.75, 3.05) is 30.3 Å². The summed E-state index contributed by atoms with van der Waals surface area (Å²) in [6.45, 7) is 6.45. The van der Waals surface area contributed by atoms with Gasteiger partial charge in [-0.05, 0) is 49.2 Å². The van der Waals surface area contributed by atoms with Crippen LogP contribution in [0.4, 0.5) is 20.7 Å². The molecule has 0 saturated carbocycles. The highest BCUT2D eigenvalue weighted by Gasteiger charge is 2.21. The van der Waals surface area contributed by atoms with Crippen LogP contribution in [0.1, 0.15) is 20.8 Å². The van der Waals surface area contributed by atoms with Crippen molar-refractivity contribution in [3.63, 3.8) is 0 Å². The standard InChI is InChI=1S/C30H32FN5O3/c1-4-39-27-13-9-8-12-25(27)32-30(38)35(19-21(2)3)20-29(37)33-28-18-26(22-10-6-5-7-11-22)34-36(28)24-16-14-23(31)15-17-24/h5-18,21H,4,19-20H2,1-3H3,(H,32,38)(H,33,37). The van der Waals surface area contributed by atoms with Crippen LogP contribution >= 0.6 is 0 Å². The average Bonchev–Trinajstić information content (AvgIpc) is 3.33. The highest BCUT2D eigenvalue weighted by atomic mass is 19.1. The predicted octanol–water partition coefficient (Wildman–Crippen LogP) is 6.21. The molecular formula is C30H32FN5O3. The first-order valence-electron chi connectivity index (χ1n) is 12.8. The molecule has 39 heavy (non-hydrogen) atoms. The van der Waals surface area contributed by atoms with Crippen molar-refractivity contribution in [2.45, 2.75) is 20.8 Å². The lowest BCUT2D eigenvalue weighted by atomic mass is 10.1. The fourth-order valence-electron chi connectivity index (χ4n) is 4.06. The van der Waals surface area contributed by atoms with E-state index in [9.17, 15) is 14.0 Å². The van der Waals surface area contributed by atoms with E-state index < -0.39 is 11.9 Å². The van der Waals surface area contributed by atoms with Gasteiger partial charge in [0.2, 0.25) is 5.91 Å². The maximum atomic E-state index is 13.6. The van der Waals surface area contributed by atoms with E-state index in [1.165, 1.54) is 17.0 Å². The minimum atomic E-state index is -0.414. The van der Waals surface area contributed by atoms with Gasteiger partial charge in [0.25, 0.3) is 0 Å². The van der Waals surface area contributed by atoms with Gasteiger partial charge >= 0.3 is 6.03 Å². The molecular weight excluding hydrogens is 497 g/mol. The number of carbonyl (C=O) groups excluding carboxylic acids is 2. The van der Waals surface area contributed by atoms with Crippen molar-refractivity contribution in [1.82, 2.24) is 14.7 Å². The average molecular weight is 530 g/mol. The van der Waals surface area contributed by atoms with Crippen molar-refractivity contribution in [2.24, 2.45) is 5.92 Å². The Balaban J connectivity index is 1.56. The van der Waals surface area contributed by atoms with Crippen molar-refractivity contribution in [3.05, 3.63) is 90.7 Å². The molecule has 0 aliphatic heterocycles. The second-order valence-corrected chi connectivity index (χ2v) is 9.35. The zero-order chi connectivity index (χ0) is 27.8. The second-order valence-electron chi connectivity index (χ2n) is 9.35. The van der Waals surface area contributed by atoms with Gasteiger partial charge in [-0.2, -0.15) is 5.10 Å². The van der Waals surface area contributed by atoms with Crippen LogP contribution < -0.4 is 15.4 Å². The predicted molar refractivity (Wildman–Crippen MR) is 151 cm³/mol. The molecule has 1 aromatic heterocycles. The minimum Gasteiger partial charge on any atom is -0.492 e. The van der Waals surface area contributed by atoms with Gasteiger partial charge < -0.3 is 20.3 Å². The summed E-state index contributed by atoms with van der Waals surface area (Å²) in [5.41, 5.74) is 2.61. The van der Waals surface area contributed by atoms with Crippen molar-refractivity contribution >= 4 is 23.4 Å². The summed E-state index contributed by atoms with van der Waals surface area (Å²) < 4.78 is 20.7. The maximum absolute atomic E-state index is 13.6. The molecule has 0 fully saturated rings. The zero-order valence-electron chi connectivity index (χ0n) is 22.2. The fourth-order valence-corrected chi connectivity index (χ4v) is 4.06. The molecule has 0 aliphatic rings. The molecule has 2 N–H and O–H groups in total. The van der Waals surface area contributed by atoms with Gasteiger partial charge in [-0.3, -0.25) is 4.79 Å². The third kappa shape index (κ3) is 7.22. The SMILES string of the molecule is CCOc1ccccc1NC(=O)N(CC(=O)Nc1cc(-c2ccccc2)nn1-c1ccc(F)cc1)CC(C)C. The molecule has 9 heteroatoms. The molecule has 0 radical (unpaired) electrons. The van der Waals surface area contributed by atoms with Gasteiger partial charge in [0.15, 0.2) is 0 Å². The number of hydrogen-bond donors (Lipinski definition) is 2. The number of benzene rings is 3. The molecule has 0 bridgehead atoms. The van der Waals surface area contributed by atoms with Gasteiger partial charge in [-0.25, -0.2) is 13.9 Å². The molecule has 3 amide bonds. The van der Waals surface area contributed by atoms with E-state index in [4.69, 9.17) is 4.74 Å². The minimum absolute atomic E-state index is 0.125. The number of anilines is 2. The number of halogens is 1. The lowest BCUT2D eigenvalue weighted by molar-refractivity contribution is -0.116. The number of carbonyl (C=O) groups is 2. The van der Waals surface area contributed by atoms with E-state index in [1.807, 2.05) is 57.2 Å². The van der Waals surface area contributed by atoms with Crippen LogP contribution in [0.5, 0.6) is 5.75 Å². The number of nitrogens with zero attached hydrogens (tertiary/aromatic N) is 3. The Morgan fingerprint density at radius 3 is 2.36 bits per heavy atom. The number of rotatable bonds is 10. The molecule has 0 aliphatic carbocycles. The van der Waals surface area contributed by atoms with E-state index in [2.05, 4.69) is 15.7 Å². The molecule has 0 atom stereocenters. The Morgan fingerprint density at radius 2 is 1.67 bits per heavy atom. The third-order valence-electron chi connectivity index (χ3n) is 5.75. The monoisotopic (exact) mass is 529 g/mol. The van der Waals surface area contributed by atoms with E-state index in [0.29, 0.717) is 41.8 Å². The molecule has 0 spiro atoms. The Bertz CT molecular complexity index is 1400. The van der Waals surface area contributed by atoms with Gasteiger partial charge in [0.1, 0.15) is 23.9 Å². The number of amides is 3. The highest BCUT2D eigenvalue weighted by Crippen LogP contribution is 2.26. The van der Waals surface area contributed by atoms with Crippen LogP contribution in [0.25, 0.3) is 16.9 Å². The summed E-state index contributed by atoms with van der Waals surface area (Å²) in [6, 6.07) is 23.9. The summed E-state index contributed by atoms with van der Waals surface area (Å²) in [6.07, 6.45) is 0. The van der Waals surface area contributed by atoms with E-state index in [0.717, 1.165) is 5.56 Å². The van der Waals surface area contributed by atoms with Gasteiger partial charge in [0, 0.05) is 18.2 Å². The lowest BCUT2D eigenvalue weighted by Crippen LogP contribution is -2.42. The normalized spacial score (nSPS) is 10.8. The molecule has 8 nitrogen and oxygen atoms in total. The molecule has 0 unspecified atom stereocenters. The van der Waals surface area contributed by atoms with E-state index in [-0.39, 0.29) is 18.3 Å². The topological polar surface area (TPSA) is 88.5 Å². The summed E-state index contributed by atoms with van der Waals surface area (Å²) in [4.78, 5) is 27.9. The first-order chi connectivity index (χ1) is 18.8. The molecule has 4 aromatic rings. The Kier molecular flexibility index (Phi) is 8.94. The number of para-hydroxylation sites is 2. The van der Waals surface area contributed by atoms with Crippen molar-refractivity contribution in [1.29, 1.82) is 0 Å². The summed E-state index contributed by atoms with van der Waals surface area (Å²) in [7, 11) is 0. The Labute approximate surface area is 227 Å². The van der Waals surface area contributed by atoms with Crippen LogP contribution in [-0.2, 0) is 4.79 Å². The molecule has 1 heterocycles. The fraction of sp³-hybridized carbons (Fsp3) is 0.233. The molecule has 0 saturated heterocycles. The maximum Gasteiger partial charge on any atom is 0.322 e. The van der Waals surface area contributed by atoms with Crippen LogP contribution in [0.15, 0.2) is 84.9 Å². The van der Waals surface area contributed by atoms with Crippen LogP contribution in [0.3, 0.4) is 0 Å². The second kappa shape index (κ2) is 12.7. The third-order valence-corrected chi connectivity index (χ3v) is 5.75. The Hall–Kier alpha value is -4.66. The molecule has 202 valence electrons. The lowest BCUT2D eigenvalue weighted by Gasteiger charge is -2.25. The number of hydrogen-bond acceptors (Lipinski definition) is 4. The van der Waals surface area contributed by atoms with Crippen LogP contribution in [-0.4, -0.2) is 46.3 Å². The van der Waals surface area contributed by atoms with Crippen molar-refractivity contribution in [3.8, 4) is 22.7 Å². The van der Waals surface area contributed by atoms with E-state index >= 15 is 0 Å². The van der Waals surface area contributed by atoms with Gasteiger partial charge in [-0.15, -0.1) is 0 Å². The van der Waals surface area contributed by atoms with Crippen LogP contribution in [0.2, 0.25) is 0 Å².